The van der Waals surface area contributed by atoms with Gasteiger partial charge >= 0.3 is 0 Å². The van der Waals surface area contributed by atoms with Gasteiger partial charge in [0.1, 0.15) is 0 Å². The minimum atomic E-state index is 0.315. The van der Waals surface area contributed by atoms with Crippen LogP contribution in [0.15, 0.2) is 12.2 Å². The van der Waals surface area contributed by atoms with Crippen LogP contribution in [0.25, 0.3) is 0 Å². The Balaban J connectivity index is 2.48. The standard InChI is InChI=1S/C11H18O/c1-3-4-7-10-9(2)6-5-8-11(10)12/h5,8-10H,3-4,6-7H2,1-2H3/t9-,10-/m0/s1. The Morgan fingerprint density at radius 3 is 2.92 bits per heavy atom. The molecule has 0 aromatic rings. The number of allylic oxidation sites excluding steroid dienone is 2. The van der Waals surface area contributed by atoms with E-state index in [2.05, 4.69) is 13.8 Å². The molecule has 1 nitrogen and oxygen atoms in total. The zero-order chi connectivity index (χ0) is 8.97. The molecule has 1 rings (SSSR count). The van der Waals surface area contributed by atoms with E-state index in [4.69, 9.17) is 0 Å². The Labute approximate surface area is 74.9 Å². The first kappa shape index (κ1) is 9.50. The van der Waals surface area contributed by atoms with Gasteiger partial charge in [0.25, 0.3) is 0 Å². The van der Waals surface area contributed by atoms with E-state index in [9.17, 15) is 4.79 Å². The van der Waals surface area contributed by atoms with Crippen molar-refractivity contribution in [2.75, 3.05) is 0 Å². The lowest BCUT2D eigenvalue weighted by molar-refractivity contribution is -0.120. The van der Waals surface area contributed by atoms with E-state index in [-0.39, 0.29) is 0 Å². The van der Waals surface area contributed by atoms with Gasteiger partial charge in [-0.3, -0.25) is 4.79 Å². The molecule has 1 heteroatoms. The number of hydrogen-bond donors (Lipinski definition) is 0. The van der Waals surface area contributed by atoms with Crippen LogP contribution in [-0.2, 0) is 4.79 Å². The van der Waals surface area contributed by atoms with Crippen molar-refractivity contribution in [1.82, 2.24) is 0 Å². The smallest absolute Gasteiger partial charge is 0.158 e. The maximum atomic E-state index is 11.4. The highest BCUT2D eigenvalue weighted by Crippen LogP contribution is 2.26. The fraction of sp³-hybridized carbons (Fsp3) is 0.727. The average Bonchev–Trinajstić information content (AvgIpc) is 2.04. The molecular formula is C11H18O. The van der Waals surface area contributed by atoms with Crippen LogP contribution in [0.4, 0.5) is 0 Å². The van der Waals surface area contributed by atoms with Crippen molar-refractivity contribution in [2.45, 2.75) is 39.5 Å². The summed E-state index contributed by atoms with van der Waals surface area (Å²) in [7, 11) is 0. The second kappa shape index (κ2) is 4.44. The van der Waals surface area contributed by atoms with Gasteiger partial charge in [0, 0.05) is 5.92 Å². The van der Waals surface area contributed by atoms with E-state index in [0.29, 0.717) is 17.6 Å². The van der Waals surface area contributed by atoms with Gasteiger partial charge in [-0.1, -0.05) is 32.8 Å². The predicted molar refractivity (Wildman–Crippen MR) is 50.9 cm³/mol. The quantitative estimate of drug-likeness (QED) is 0.630. The summed E-state index contributed by atoms with van der Waals surface area (Å²) < 4.78 is 0. The summed E-state index contributed by atoms with van der Waals surface area (Å²) in [5.41, 5.74) is 0. The summed E-state index contributed by atoms with van der Waals surface area (Å²) in [6.07, 6.45) is 8.32. The van der Waals surface area contributed by atoms with Crippen LogP contribution in [0.3, 0.4) is 0 Å². The fourth-order valence-electron chi connectivity index (χ4n) is 1.82. The molecule has 1 aliphatic carbocycles. The largest absolute Gasteiger partial charge is 0.295 e. The van der Waals surface area contributed by atoms with Crippen molar-refractivity contribution in [3.63, 3.8) is 0 Å². The Kier molecular flexibility index (Phi) is 3.51. The topological polar surface area (TPSA) is 17.1 Å². The van der Waals surface area contributed by atoms with E-state index < -0.39 is 0 Å². The lowest BCUT2D eigenvalue weighted by atomic mass is 9.80. The number of ketones is 1. The normalized spacial score (nSPS) is 29.3. The summed E-state index contributed by atoms with van der Waals surface area (Å²) in [4.78, 5) is 11.4. The van der Waals surface area contributed by atoms with Crippen LogP contribution >= 0.6 is 0 Å². The molecule has 0 heterocycles. The molecule has 2 atom stereocenters. The second-order valence-corrected chi connectivity index (χ2v) is 3.77. The Morgan fingerprint density at radius 2 is 2.33 bits per heavy atom. The summed E-state index contributed by atoms with van der Waals surface area (Å²) in [5.74, 6) is 1.23. The molecule has 0 unspecified atom stereocenters. The zero-order valence-corrected chi connectivity index (χ0v) is 8.05. The third kappa shape index (κ3) is 2.20. The first-order valence-corrected chi connectivity index (χ1v) is 4.96. The van der Waals surface area contributed by atoms with Crippen LogP contribution in [0.5, 0.6) is 0 Å². The van der Waals surface area contributed by atoms with Crippen LogP contribution in [0.2, 0.25) is 0 Å². The summed E-state index contributed by atoms with van der Waals surface area (Å²) in [6, 6.07) is 0. The molecule has 12 heavy (non-hydrogen) atoms. The second-order valence-electron chi connectivity index (χ2n) is 3.77. The van der Waals surface area contributed by atoms with Gasteiger partial charge in [-0.05, 0) is 24.8 Å². The molecule has 0 amide bonds. The van der Waals surface area contributed by atoms with Gasteiger partial charge in [-0.15, -0.1) is 0 Å². The molecule has 0 saturated carbocycles. The molecule has 1 aliphatic rings. The third-order valence-electron chi connectivity index (χ3n) is 2.71. The van der Waals surface area contributed by atoms with Gasteiger partial charge in [-0.2, -0.15) is 0 Å². The van der Waals surface area contributed by atoms with Crippen LogP contribution in [0, 0.1) is 11.8 Å². The minimum Gasteiger partial charge on any atom is -0.295 e. The highest BCUT2D eigenvalue weighted by Gasteiger charge is 2.24. The molecule has 0 N–H and O–H groups in total. The number of rotatable bonds is 3. The summed E-state index contributed by atoms with van der Waals surface area (Å²) in [5, 5.41) is 0. The molecular weight excluding hydrogens is 148 g/mol. The highest BCUT2D eigenvalue weighted by atomic mass is 16.1. The number of hydrogen-bond acceptors (Lipinski definition) is 1. The molecule has 0 spiro atoms. The van der Waals surface area contributed by atoms with Crippen LogP contribution in [-0.4, -0.2) is 5.78 Å². The van der Waals surface area contributed by atoms with E-state index >= 15 is 0 Å². The van der Waals surface area contributed by atoms with E-state index in [1.54, 1.807) is 6.08 Å². The lowest BCUT2D eigenvalue weighted by Crippen LogP contribution is -2.23. The van der Waals surface area contributed by atoms with Gasteiger partial charge in [0.2, 0.25) is 0 Å². The molecule has 0 radical (unpaired) electrons. The van der Waals surface area contributed by atoms with Crippen molar-refractivity contribution in [1.29, 1.82) is 0 Å². The Hall–Kier alpha value is -0.590. The monoisotopic (exact) mass is 166 g/mol. The lowest BCUT2D eigenvalue weighted by Gasteiger charge is -2.23. The molecule has 0 aromatic heterocycles. The van der Waals surface area contributed by atoms with Crippen molar-refractivity contribution < 1.29 is 4.79 Å². The summed E-state index contributed by atoms with van der Waals surface area (Å²) >= 11 is 0. The van der Waals surface area contributed by atoms with Crippen molar-refractivity contribution in [3.05, 3.63) is 12.2 Å². The van der Waals surface area contributed by atoms with Crippen molar-refractivity contribution >= 4 is 5.78 Å². The van der Waals surface area contributed by atoms with E-state index in [1.165, 1.54) is 12.8 Å². The Bertz CT molecular complexity index is 181. The molecule has 0 saturated heterocycles. The molecule has 68 valence electrons. The zero-order valence-electron chi connectivity index (χ0n) is 8.05. The van der Waals surface area contributed by atoms with Gasteiger partial charge in [0.15, 0.2) is 5.78 Å². The third-order valence-corrected chi connectivity index (χ3v) is 2.71. The number of carbonyl (C=O) groups excluding carboxylic acids is 1. The first-order chi connectivity index (χ1) is 5.75. The average molecular weight is 166 g/mol. The van der Waals surface area contributed by atoms with Crippen LogP contribution in [0.1, 0.15) is 39.5 Å². The van der Waals surface area contributed by atoms with Gasteiger partial charge in [-0.25, -0.2) is 0 Å². The fourth-order valence-corrected chi connectivity index (χ4v) is 1.82. The molecule has 0 bridgehead atoms. The highest BCUT2D eigenvalue weighted by molar-refractivity contribution is 5.92. The first-order valence-electron chi connectivity index (χ1n) is 4.96. The predicted octanol–water partition coefficient (Wildman–Crippen LogP) is 2.96. The SMILES string of the molecule is CCCC[C@@H]1C(=O)C=CC[C@@H]1C. The van der Waals surface area contributed by atoms with Crippen molar-refractivity contribution in [2.24, 2.45) is 11.8 Å². The maximum Gasteiger partial charge on any atom is 0.158 e. The molecule has 0 aliphatic heterocycles. The molecule has 0 fully saturated rings. The van der Waals surface area contributed by atoms with E-state index in [0.717, 1.165) is 12.8 Å². The van der Waals surface area contributed by atoms with Crippen LogP contribution < -0.4 is 0 Å². The van der Waals surface area contributed by atoms with Gasteiger partial charge in [0.05, 0.1) is 0 Å². The van der Waals surface area contributed by atoms with E-state index in [1.807, 2.05) is 6.08 Å². The van der Waals surface area contributed by atoms with Gasteiger partial charge < -0.3 is 0 Å². The van der Waals surface area contributed by atoms with Crippen molar-refractivity contribution in [3.8, 4) is 0 Å². The number of carbonyl (C=O) groups is 1. The molecule has 0 aromatic carbocycles. The Morgan fingerprint density at radius 1 is 1.58 bits per heavy atom. The summed E-state index contributed by atoms with van der Waals surface area (Å²) in [6.45, 7) is 4.36. The maximum absolute atomic E-state index is 11.4. The minimum absolute atomic E-state index is 0.315. The number of unbranched alkanes of at least 4 members (excludes halogenated alkanes) is 1.